The van der Waals surface area contributed by atoms with Crippen LogP contribution in [0.4, 0.5) is 10.5 Å². The smallest absolute Gasteiger partial charge is 0.409 e. The summed E-state index contributed by atoms with van der Waals surface area (Å²) in [4.78, 5) is 24.6. The summed E-state index contributed by atoms with van der Waals surface area (Å²) in [6.45, 7) is 6.26. The van der Waals surface area contributed by atoms with Crippen molar-refractivity contribution in [3.05, 3.63) is 36.9 Å². The maximum absolute atomic E-state index is 12.8. The summed E-state index contributed by atoms with van der Waals surface area (Å²) in [7, 11) is -3.71. The Morgan fingerprint density at radius 3 is 2.56 bits per heavy atom. The van der Waals surface area contributed by atoms with E-state index >= 15 is 0 Å². The van der Waals surface area contributed by atoms with Gasteiger partial charge in [0.15, 0.2) is 0 Å². The lowest BCUT2D eigenvalue weighted by Gasteiger charge is -2.33. The summed E-state index contributed by atoms with van der Waals surface area (Å²) in [5.74, 6) is -0.419. The zero-order valence-corrected chi connectivity index (χ0v) is 14.8. The van der Waals surface area contributed by atoms with Crippen molar-refractivity contribution in [2.45, 2.75) is 11.8 Å². The molecular formula is C16H21N3O5S. The number of nitrogens with one attached hydrogen (secondary N) is 1. The Balaban J connectivity index is 2.09. The van der Waals surface area contributed by atoms with E-state index < -0.39 is 22.0 Å². The van der Waals surface area contributed by atoms with Crippen LogP contribution in [0.3, 0.4) is 0 Å². The zero-order valence-electron chi connectivity index (χ0n) is 14.0. The quantitative estimate of drug-likeness (QED) is 0.791. The predicted octanol–water partition coefficient (Wildman–Crippen LogP) is 1.27. The van der Waals surface area contributed by atoms with Crippen molar-refractivity contribution in [2.75, 3.05) is 38.1 Å². The molecule has 1 aliphatic rings. The number of nitrogens with zero attached hydrogens (tertiary/aromatic N) is 2. The van der Waals surface area contributed by atoms with E-state index in [0.29, 0.717) is 5.69 Å². The first-order valence-electron chi connectivity index (χ1n) is 7.83. The summed E-state index contributed by atoms with van der Waals surface area (Å²) in [6.07, 6.45) is 0.671. The van der Waals surface area contributed by atoms with E-state index in [1.807, 2.05) is 0 Å². The molecule has 1 N–H and O–H groups in total. The van der Waals surface area contributed by atoms with Gasteiger partial charge in [-0.3, -0.25) is 4.79 Å². The number of anilines is 1. The molecule has 0 saturated carbocycles. The molecule has 2 amide bonds. The lowest BCUT2D eigenvalue weighted by Crippen LogP contribution is -2.50. The van der Waals surface area contributed by atoms with Crippen molar-refractivity contribution in [1.82, 2.24) is 9.21 Å². The molecule has 0 spiro atoms. The average Bonchev–Trinajstić information content (AvgIpc) is 2.62. The van der Waals surface area contributed by atoms with Gasteiger partial charge in [-0.2, -0.15) is 4.31 Å². The van der Waals surface area contributed by atoms with Gasteiger partial charge in [-0.1, -0.05) is 12.6 Å². The van der Waals surface area contributed by atoms with Crippen molar-refractivity contribution in [3.8, 4) is 0 Å². The Morgan fingerprint density at radius 2 is 1.96 bits per heavy atom. The molecule has 2 rings (SSSR count). The largest absolute Gasteiger partial charge is 0.450 e. The summed E-state index contributed by atoms with van der Waals surface area (Å²) in [5.41, 5.74) is 0.371. The molecule has 0 radical (unpaired) electrons. The lowest BCUT2D eigenvalue weighted by molar-refractivity contribution is -0.111. The second-order valence-electron chi connectivity index (χ2n) is 5.31. The molecule has 0 bridgehead atoms. The van der Waals surface area contributed by atoms with Crippen LogP contribution >= 0.6 is 0 Å². The van der Waals surface area contributed by atoms with Crippen LogP contribution in [-0.4, -0.2) is 62.4 Å². The molecule has 0 unspecified atom stereocenters. The molecule has 9 heteroatoms. The van der Waals surface area contributed by atoms with Gasteiger partial charge in [0.2, 0.25) is 15.9 Å². The van der Waals surface area contributed by atoms with Crippen molar-refractivity contribution in [1.29, 1.82) is 0 Å². The molecular weight excluding hydrogens is 346 g/mol. The van der Waals surface area contributed by atoms with E-state index in [-0.39, 0.29) is 37.7 Å². The molecule has 136 valence electrons. The molecule has 0 atom stereocenters. The second-order valence-corrected chi connectivity index (χ2v) is 7.25. The summed E-state index contributed by atoms with van der Waals surface area (Å²) >= 11 is 0. The van der Waals surface area contributed by atoms with Gasteiger partial charge < -0.3 is 15.0 Å². The maximum Gasteiger partial charge on any atom is 0.409 e. The predicted molar refractivity (Wildman–Crippen MR) is 92.6 cm³/mol. The highest BCUT2D eigenvalue weighted by Gasteiger charge is 2.30. The Morgan fingerprint density at radius 1 is 1.28 bits per heavy atom. The standard InChI is InChI=1S/C16H21N3O5S/c1-3-15(20)17-13-6-5-7-14(12-13)25(22,23)19-10-8-18(9-11-19)16(21)24-4-2/h3,5-7,12H,1,4,8-11H2,2H3,(H,17,20). The van der Waals surface area contributed by atoms with E-state index in [9.17, 15) is 18.0 Å². The number of carbonyl (C=O) groups excluding carboxylic acids is 2. The fourth-order valence-electron chi connectivity index (χ4n) is 2.40. The van der Waals surface area contributed by atoms with Gasteiger partial charge >= 0.3 is 6.09 Å². The van der Waals surface area contributed by atoms with Gasteiger partial charge in [-0.25, -0.2) is 13.2 Å². The van der Waals surface area contributed by atoms with Crippen molar-refractivity contribution >= 4 is 27.7 Å². The van der Waals surface area contributed by atoms with Crippen LogP contribution in [-0.2, 0) is 19.6 Å². The third kappa shape index (κ3) is 4.58. The Labute approximate surface area is 147 Å². The molecule has 1 aromatic carbocycles. The highest BCUT2D eigenvalue weighted by atomic mass is 32.2. The van der Waals surface area contributed by atoms with Gasteiger partial charge in [-0.05, 0) is 31.2 Å². The van der Waals surface area contributed by atoms with Crippen LogP contribution in [0.2, 0.25) is 0 Å². The highest BCUT2D eigenvalue weighted by Crippen LogP contribution is 2.21. The van der Waals surface area contributed by atoms with E-state index in [4.69, 9.17) is 4.74 Å². The number of benzene rings is 1. The topological polar surface area (TPSA) is 96.0 Å². The maximum atomic E-state index is 12.8. The van der Waals surface area contributed by atoms with Crippen LogP contribution in [0.25, 0.3) is 0 Å². The minimum Gasteiger partial charge on any atom is -0.450 e. The van der Waals surface area contributed by atoms with Crippen molar-refractivity contribution in [3.63, 3.8) is 0 Å². The zero-order chi connectivity index (χ0) is 18.4. The highest BCUT2D eigenvalue weighted by molar-refractivity contribution is 7.89. The number of amides is 2. The first-order valence-corrected chi connectivity index (χ1v) is 9.28. The second kappa shape index (κ2) is 8.13. The van der Waals surface area contributed by atoms with Crippen LogP contribution < -0.4 is 5.32 Å². The van der Waals surface area contributed by atoms with Gasteiger partial charge in [0.25, 0.3) is 0 Å². The molecule has 0 aliphatic carbocycles. The average molecular weight is 367 g/mol. The summed E-state index contributed by atoms with van der Waals surface area (Å²) < 4.78 is 31.7. The van der Waals surface area contributed by atoms with E-state index in [0.717, 1.165) is 6.08 Å². The van der Waals surface area contributed by atoms with Crippen LogP contribution in [0.15, 0.2) is 41.8 Å². The minimum absolute atomic E-state index is 0.0824. The first-order chi connectivity index (χ1) is 11.9. The van der Waals surface area contributed by atoms with Crippen LogP contribution in [0, 0.1) is 0 Å². The number of carbonyl (C=O) groups is 2. The number of rotatable bonds is 5. The number of sulfonamides is 1. The molecule has 1 aromatic rings. The lowest BCUT2D eigenvalue weighted by atomic mass is 10.3. The molecule has 1 fully saturated rings. The first kappa shape index (κ1) is 18.9. The van der Waals surface area contributed by atoms with E-state index in [1.165, 1.54) is 21.3 Å². The molecule has 1 aliphatic heterocycles. The van der Waals surface area contributed by atoms with Crippen LogP contribution in [0.1, 0.15) is 6.92 Å². The van der Waals surface area contributed by atoms with Gasteiger partial charge in [0.05, 0.1) is 11.5 Å². The van der Waals surface area contributed by atoms with E-state index in [2.05, 4.69) is 11.9 Å². The van der Waals surface area contributed by atoms with Crippen molar-refractivity contribution in [2.24, 2.45) is 0 Å². The number of hydrogen-bond donors (Lipinski definition) is 1. The Bertz CT molecular complexity index is 755. The third-order valence-corrected chi connectivity index (χ3v) is 5.58. The summed E-state index contributed by atoms with van der Waals surface area (Å²) in [5, 5.41) is 2.53. The molecule has 8 nitrogen and oxygen atoms in total. The fraction of sp³-hybridized carbons (Fsp3) is 0.375. The number of ether oxygens (including phenoxy) is 1. The monoisotopic (exact) mass is 367 g/mol. The molecule has 1 saturated heterocycles. The fourth-order valence-corrected chi connectivity index (χ4v) is 3.87. The number of hydrogen-bond acceptors (Lipinski definition) is 5. The molecule has 25 heavy (non-hydrogen) atoms. The van der Waals surface area contributed by atoms with E-state index in [1.54, 1.807) is 19.1 Å². The molecule has 0 aromatic heterocycles. The third-order valence-electron chi connectivity index (χ3n) is 3.69. The van der Waals surface area contributed by atoms with Gasteiger partial charge in [-0.15, -0.1) is 0 Å². The van der Waals surface area contributed by atoms with Crippen molar-refractivity contribution < 1.29 is 22.7 Å². The summed E-state index contributed by atoms with van der Waals surface area (Å²) in [6, 6.07) is 6.02. The molecule has 1 heterocycles. The Kier molecular flexibility index (Phi) is 6.16. The van der Waals surface area contributed by atoms with Gasteiger partial charge in [0.1, 0.15) is 0 Å². The number of piperazine rings is 1. The normalized spacial score (nSPS) is 15.5. The Hall–Kier alpha value is -2.39. The minimum atomic E-state index is -3.71. The van der Waals surface area contributed by atoms with Gasteiger partial charge in [0, 0.05) is 31.9 Å². The van der Waals surface area contributed by atoms with Crippen LogP contribution in [0.5, 0.6) is 0 Å². The SMILES string of the molecule is C=CC(=O)Nc1cccc(S(=O)(=O)N2CCN(C(=O)OCC)CC2)c1.